The number of hydrogen-bond donors (Lipinski definition) is 2. The number of ether oxygens (including phenoxy) is 3. The second-order valence-electron chi connectivity index (χ2n) is 5.16. The number of likely N-dealkylation sites (N-methyl/N-ethyl adjacent to an activating group) is 1. The summed E-state index contributed by atoms with van der Waals surface area (Å²) in [6.07, 6.45) is 0. The number of methoxy groups -OCH3 is 3. The maximum absolute atomic E-state index is 11.8. The van der Waals surface area contributed by atoms with Crippen LogP contribution in [0.3, 0.4) is 0 Å². The maximum Gasteiger partial charge on any atom is 0.321 e. The minimum absolute atomic E-state index is 0.0893. The number of carbonyl (C=O) groups excluding carboxylic acids is 2. The summed E-state index contributed by atoms with van der Waals surface area (Å²) in [5, 5.41) is 4.79. The zero-order chi connectivity index (χ0) is 17.9. The molecule has 0 aromatic heterocycles. The third-order valence-corrected chi connectivity index (χ3v) is 3.16. The fraction of sp³-hybridized carbons (Fsp3) is 0.500. The summed E-state index contributed by atoms with van der Waals surface area (Å²) in [6, 6.07) is 5.03. The SMILES string of the molecule is COCCNC(=O)NC(=O)CN(C)Cc1ccc(OC)c(OC)c1. The standard InChI is InChI=1S/C16H25N3O5/c1-19(11-15(20)18-16(21)17-7-8-22-2)10-12-5-6-13(23-3)14(9-12)24-4/h5-6,9H,7-8,10-11H2,1-4H3,(H2,17,18,20,21). The van der Waals surface area contributed by atoms with E-state index in [0.29, 0.717) is 31.2 Å². The van der Waals surface area contributed by atoms with Crippen LogP contribution in [0, 0.1) is 0 Å². The molecule has 0 radical (unpaired) electrons. The molecule has 0 saturated carbocycles. The van der Waals surface area contributed by atoms with Gasteiger partial charge >= 0.3 is 6.03 Å². The number of urea groups is 1. The first-order valence-corrected chi connectivity index (χ1v) is 7.46. The summed E-state index contributed by atoms with van der Waals surface area (Å²) in [6.45, 7) is 1.35. The third kappa shape index (κ3) is 6.84. The molecule has 0 aliphatic rings. The van der Waals surface area contributed by atoms with Gasteiger partial charge in [-0.05, 0) is 24.7 Å². The number of hydrogen-bond acceptors (Lipinski definition) is 6. The largest absolute Gasteiger partial charge is 0.493 e. The van der Waals surface area contributed by atoms with E-state index >= 15 is 0 Å². The molecule has 1 aromatic carbocycles. The van der Waals surface area contributed by atoms with Gasteiger partial charge in [-0.1, -0.05) is 6.07 Å². The monoisotopic (exact) mass is 339 g/mol. The lowest BCUT2D eigenvalue weighted by molar-refractivity contribution is -0.120. The van der Waals surface area contributed by atoms with Crippen LogP contribution in [0.4, 0.5) is 4.79 Å². The molecule has 134 valence electrons. The van der Waals surface area contributed by atoms with Crippen LogP contribution in [0.15, 0.2) is 18.2 Å². The highest BCUT2D eigenvalue weighted by atomic mass is 16.5. The highest BCUT2D eigenvalue weighted by Crippen LogP contribution is 2.27. The van der Waals surface area contributed by atoms with Gasteiger partial charge in [-0.25, -0.2) is 4.79 Å². The Bertz CT molecular complexity index is 551. The Kier molecular flexibility index (Phi) is 8.59. The molecule has 2 N–H and O–H groups in total. The topological polar surface area (TPSA) is 89.1 Å². The average molecular weight is 339 g/mol. The Balaban J connectivity index is 2.46. The number of rotatable bonds is 9. The summed E-state index contributed by atoms with van der Waals surface area (Å²) in [7, 11) is 6.47. The minimum Gasteiger partial charge on any atom is -0.493 e. The molecule has 0 unspecified atom stereocenters. The molecule has 8 heteroatoms. The van der Waals surface area contributed by atoms with Crippen LogP contribution in [-0.2, 0) is 16.1 Å². The molecule has 0 heterocycles. The van der Waals surface area contributed by atoms with Gasteiger partial charge in [0.05, 0.1) is 27.4 Å². The molecule has 0 saturated heterocycles. The normalized spacial score (nSPS) is 10.4. The lowest BCUT2D eigenvalue weighted by Gasteiger charge is -2.17. The fourth-order valence-electron chi connectivity index (χ4n) is 2.07. The zero-order valence-electron chi connectivity index (χ0n) is 14.5. The average Bonchev–Trinajstić information content (AvgIpc) is 2.54. The molecule has 1 aromatic rings. The predicted molar refractivity (Wildman–Crippen MR) is 89.3 cm³/mol. The van der Waals surface area contributed by atoms with E-state index in [0.717, 1.165) is 5.56 Å². The van der Waals surface area contributed by atoms with Gasteiger partial charge in [-0.15, -0.1) is 0 Å². The van der Waals surface area contributed by atoms with Crippen LogP contribution in [0.5, 0.6) is 11.5 Å². The van der Waals surface area contributed by atoms with E-state index in [9.17, 15) is 9.59 Å². The Morgan fingerprint density at radius 1 is 1.12 bits per heavy atom. The summed E-state index contributed by atoms with van der Waals surface area (Å²) in [4.78, 5) is 25.1. The molecular formula is C16H25N3O5. The van der Waals surface area contributed by atoms with E-state index in [1.807, 2.05) is 18.2 Å². The van der Waals surface area contributed by atoms with Crippen molar-refractivity contribution in [1.82, 2.24) is 15.5 Å². The lowest BCUT2D eigenvalue weighted by Crippen LogP contribution is -2.44. The molecule has 0 spiro atoms. The molecule has 1 rings (SSSR count). The summed E-state index contributed by atoms with van der Waals surface area (Å²) >= 11 is 0. The lowest BCUT2D eigenvalue weighted by atomic mass is 10.2. The summed E-state index contributed by atoms with van der Waals surface area (Å²) in [5.74, 6) is 0.896. The molecule has 0 atom stereocenters. The van der Waals surface area contributed by atoms with E-state index in [1.165, 1.54) is 7.11 Å². The van der Waals surface area contributed by atoms with Crippen molar-refractivity contribution in [2.24, 2.45) is 0 Å². The van der Waals surface area contributed by atoms with Crippen LogP contribution in [0.1, 0.15) is 5.56 Å². The van der Waals surface area contributed by atoms with E-state index in [2.05, 4.69) is 10.6 Å². The number of nitrogens with zero attached hydrogens (tertiary/aromatic N) is 1. The predicted octanol–water partition coefficient (Wildman–Crippen LogP) is 0.608. The van der Waals surface area contributed by atoms with E-state index in [-0.39, 0.29) is 12.5 Å². The van der Waals surface area contributed by atoms with Crippen molar-refractivity contribution < 1.29 is 23.8 Å². The Morgan fingerprint density at radius 2 is 1.83 bits per heavy atom. The molecule has 0 aliphatic carbocycles. The van der Waals surface area contributed by atoms with Gasteiger partial charge in [-0.3, -0.25) is 15.0 Å². The fourth-order valence-corrected chi connectivity index (χ4v) is 2.07. The van der Waals surface area contributed by atoms with E-state index < -0.39 is 6.03 Å². The molecule has 0 aliphatic heterocycles. The van der Waals surface area contributed by atoms with Gasteiger partial charge in [0.2, 0.25) is 5.91 Å². The Morgan fingerprint density at radius 3 is 2.46 bits per heavy atom. The van der Waals surface area contributed by atoms with Crippen molar-refractivity contribution in [2.75, 3.05) is 48.1 Å². The van der Waals surface area contributed by atoms with E-state index in [1.54, 1.807) is 26.2 Å². The van der Waals surface area contributed by atoms with Gasteiger partial charge in [0.25, 0.3) is 0 Å². The number of carbonyl (C=O) groups is 2. The van der Waals surface area contributed by atoms with Crippen LogP contribution in [-0.4, -0.2) is 64.9 Å². The first-order valence-electron chi connectivity index (χ1n) is 7.46. The molecule has 24 heavy (non-hydrogen) atoms. The van der Waals surface area contributed by atoms with Crippen molar-refractivity contribution in [1.29, 1.82) is 0 Å². The number of nitrogens with one attached hydrogen (secondary N) is 2. The number of imide groups is 1. The summed E-state index contributed by atoms with van der Waals surface area (Å²) in [5.41, 5.74) is 0.965. The van der Waals surface area contributed by atoms with Crippen molar-refractivity contribution in [3.05, 3.63) is 23.8 Å². The van der Waals surface area contributed by atoms with Crippen LogP contribution in [0.2, 0.25) is 0 Å². The minimum atomic E-state index is -0.531. The Hall–Kier alpha value is -2.32. The quantitative estimate of drug-likeness (QED) is 0.641. The van der Waals surface area contributed by atoms with Gasteiger partial charge in [-0.2, -0.15) is 0 Å². The van der Waals surface area contributed by atoms with Gasteiger partial charge in [0.15, 0.2) is 11.5 Å². The molecule has 8 nitrogen and oxygen atoms in total. The highest BCUT2D eigenvalue weighted by molar-refractivity contribution is 5.95. The van der Waals surface area contributed by atoms with Gasteiger partial charge in [0, 0.05) is 20.2 Å². The van der Waals surface area contributed by atoms with Crippen LogP contribution < -0.4 is 20.1 Å². The van der Waals surface area contributed by atoms with Crippen molar-refractivity contribution >= 4 is 11.9 Å². The van der Waals surface area contributed by atoms with Crippen molar-refractivity contribution in [2.45, 2.75) is 6.54 Å². The third-order valence-electron chi connectivity index (χ3n) is 3.16. The molecule has 3 amide bonds. The zero-order valence-corrected chi connectivity index (χ0v) is 14.5. The van der Waals surface area contributed by atoms with Crippen LogP contribution in [0.25, 0.3) is 0 Å². The second kappa shape index (κ2) is 10.5. The smallest absolute Gasteiger partial charge is 0.321 e. The maximum atomic E-state index is 11.8. The molecule has 0 fully saturated rings. The first kappa shape index (κ1) is 19.7. The Labute approximate surface area is 142 Å². The van der Waals surface area contributed by atoms with Gasteiger partial charge in [0.1, 0.15) is 0 Å². The van der Waals surface area contributed by atoms with Gasteiger partial charge < -0.3 is 19.5 Å². The first-order chi connectivity index (χ1) is 11.5. The van der Waals surface area contributed by atoms with Crippen molar-refractivity contribution in [3.8, 4) is 11.5 Å². The highest BCUT2D eigenvalue weighted by Gasteiger charge is 2.12. The number of amides is 3. The van der Waals surface area contributed by atoms with Crippen molar-refractivity contribution in [3.63, 3.8) is 0 Å². The molecular weight excluding hydrogens is 314 g/mol. The molecule has 0 bridgehead atoms. The second-order valence-corrected chi connectivity index (χ2v) is 5.16. The van der Waals surface area contributed by atoms with Crippen LogP contribution >= 0.6 is 0 Å². The van der Waals surface area contributed by atoms with E-state index in [4.69, 9.17) is 14.2 Å². The number of benzene rings is 1. The summed E-state index contributed by atoms with van der Waals surface area (Å²) < 4.78 is 15.3.